The number of rotatable bonds is 8. The third kappa shape index (κ3) is 5.80. The summed E-state index contributed by atoms with van der Waals surface area (Å²) >= 11 is 0. The van der Waals surface area contributed by atoms with Gasteiger partial charge in [-0.05, 0) is 54.4 Å². The number of aryl methyl sites for hydroxylation is 1. The number of carboxylic acids is 1. The van der Waals surface area contributed by atoms with Crippen LogP contribution in [0, 0.1) is 11.8 Å². The summed E-state index contributed by atoms with van der Waals surface area (Å²) < 4.78 is 41.5. The molecule has 0 spiro atoms. The van der Waals surface area contributed by atoms with Crippen molar-refractivity contribution in [2.45, 2.75) is 65.6 Å². The smallest absolute Gasteiger partial charge is 0.416 e. The van der Waals surface area contributed by atoms with Crippen LogP contribution in [-0.4, -0.2) is 28.6 Å². The highest BCUT2D eigenvalue weighted by Crippen LogP contribution is 2.41. The summed E-state index contributed by atoms with van der Waals surface area (Å²) in [6, 6.07) is 3.76. The molecule has 0 aliphatic carbocycles. The van der Waals surface area contributed by atoms with E-state index < -0.39 is 29.3 Å². The van der Waals surface area contributed by atoms with Gasteiger partial charge in [0.25, 0.3) is 0 Å². The molecule has 2 rings (SSSR count). The van der Waals surface area contributed by atoms with Crippen molar-refractivity contribution >= 4 is 12.0 Å². The molecular formula is C23H31F3N2O3. The zero-order valence-electron chi connectivity index (χ0n) is 18.6. The molecule has 31 heavy (non-hydrogen) atoms. The predicted molar refractivity (Wildman–Crippen MR) is 112 cm³/mol. The molecule has 8 heteroatoms. The van der Waals surface area contributed by atoms with Crippen LogP contribution >= 0.6 is 0 Å². The Hall–Kier alpha value is -2.51. The van der Waals surface area contributed by atoms with Gasteiger partial charge in [-0.25, -0.2) is 4.79 Å². The van der Waals surface area contributed by atoms with Crippen LogP contribution in [0.4, 0.5) is 18.0 Å². The Kier molecular flexibility index (Phi) is 7.44. The molecule has 0 bridgehead atoms. The molecule has 1 aliphatic heterocycles. The number of hydrogen-bond acceptors (Lipinski definition) is 2. The molecule has 172 valence electrons. The molecule has 1 aromatic rings. The number of benzene rings is 1. The van der Waals surface area contributed by atoms with Crippen molar-refractivity contribution < 1.29 is 27.9 Å². The van der Waals surface area contributed by atoms with Gasteiger partial charge in [0.2, 0.25) is 0 Å². The maximum atomic E-state index is 13.8. The first-order valence-electron chi connectivity index (χ1n) is 10.5. The molecule has 2 amide bonds. The fourth-order valence-corrected chi connectivity index (χ4v) is 3.87. The minimum Gasteiger partial charge on any atom is -0.481 e. The average molecular weight is 441 g/mol. The van der Waals surface area contributed by atoms with Crippen molar-refractivity contribution in [3.63, 3.8) is 0 Å². The fourth-order valence-electron chi connectivity index (χ4n) is 3.87. The monoisotopic (exact) mass is 440 g/mol. The van der Waals surface area contributed by atoms with Crippen LogP contribution in [0.3, 0.4) is 0 Å². The van der Waals surface area contributed by atoms with E-state index >= 15 is 0 Å². The van der Waals surface area contributed by atoms with Gasteiger partial charge < -0.3 is 15.3 Å². The Morgan fingerprint density at radius 2 is 1.87 bits per heavy atom. The molecule has 1 atom stereocenters. The van der Waals surface area contributed by atoms with Crippen molar-refractivity contribution in [2.24, 2.45) is 11.8 Å². The van der Waals surface area contributed by atoms with Gasteiger partial charge in [0, 0.05) is 12.7 Å². The molecule has 0 fully saturated rings. The first-order chi connectivity index (χ1) is 14.3. The van der Waals surface area contributed by atoms with E-state index in [9.17, 15) is 22.8 Å². The Bertz CT molecular complexity index is 862. The number of carbonyl (C=O) groups is 2. The van der Waals surface area contributed by atoms with Crippen LogP contribution in [0.1, 0.15) is 64.2 Å². The summed E-state index contributed by atoms with van der Waals surface area (Å²) in [5.41, 5.74) is -0.520. The Labute approximate surface area is 181 Å². The van der Waals surface area contributed by atoms with E-state index in [0.29, 0.717) is 24.0 Å². The van der Waals surface area contributed by atoms with Gasteiger partial charge in [-0.3, -0.25) is 4.79 Å². The number of carboxylic acid groups (broad SMARTS) is 1. The van der Waals surface area contributed by atoms with Crippen molar-refractivity contribution in [1.82, 2.24) is 10.2 Å². The second-order valence-electron chi connectivity index (χ2n) is 8.93. The van der Waals surface area contributed by atoms with E-state index in [0.717, 1.165) is 6.07 Å². The number of nitrogens with one attached hydrogen (secondary N) is 1. The summed E-state index contributed by atoms with van der Waals surface area (Å²) in [5, 5.41) is 11.7. The van der Waals surface area contributed by atoms with Crippen LogP contribution in [0.15, 0.2) is 30.0 Å². The number of nitrogens with zero attached hydrogens (tertiary/aromatic N) is 1. The quantitative estimate of drug-likeness (QED) is 0.557. The van der Waals surface area contributed by atoms with E-state index in [1.807, 2.05) is 27.7 Å². The number of carbonyl (C=O) groups excluding carboxylic acids is 1. The van der Waals surface area contributed by atoms with Crippen LogP contribution < -0.4 is 5.32 Å². The first-order valence-corrected chi connectivity index (χ1v) is 10.5. The zero-order valence-corrected chi connectivity index (χ0v) is 18.6. The number of halogens is 3. The van der Waals surface area contributed by atoms with E-state index in [1.54, 1.807) is 19.2 Å². The van der Waals surface area contributed by atoms with Crippen molar-refractivity contribution in [1.29, 1.82) is 0 Å². The van der Waals surface area contributed by atoms with Gasteiger partial charge in [0.05, 0.1) is 17.5 Å². The third-order valence-electron chi connectivity index (χ3n) is 5.66. The Morgan fingerprint density at radius 3 is 2.39 bits per heavy atom. The first kappa shape index (κ1) is 24.8. The Morgan fingerprint density at radius 1 is 1.23 bits per heavy atom. The second-order valence-corrected chi connectivity index (χ2v) is 8.93. The molecule has 5 nitrogen and oxygen atoms in total. The largest absolute Gasteiger partial charge is 0.481 e. The van der Waals surface area contributed by atoms with Crippen molar-refractivity contribution in [3.8, 4) is 0 Å². The number of hydrogen-bond donors (Lipinski definition) is 2. The average Bonchev–Trinajstić information content (AvgIpc) is 2.64. The van der Waals surface area contributed by atoms with Crippen molar-refractivity contribution in [3.05, 3.63) is 46.7 Å². The van der Waals surface area contributed by atoms with Crippen LogP contribution in [-0.2, 0) is 22.9 Å². The lowest BCUT2D eigenvalue weighted by molar-refractivity contribution is -0.138. The van der Waals surface area contributed by atoms with Crippen LogP contribution in [0.25, 0.3) is 0 Å². The van der Waals surface area contributed by atoms with Gasteiger partial charge in [-0.15, -0.1) is 0 Å². The topological polar surface area (TPSA) is 69.6 Å². The van der Waals surface area contributed by atoms with Crippen molar-refractivity contribution in [2.75, 3.05) is 6.54 Å². The second kappa shape index (κ2) is 9.32. The lowest BCUT2D eigenvalue weighted by atomic mass is 9.77. The van der Waals surface area contributed by atoms with Gasteiger partial charge in [0.15, 0.2) is 0 Å². The van der Waals surface area contributed by atoms with E-state index in [-0.39, 0.29) is 30.4 Å². The third-order valence-corrected chi connectivity index (χ3v) is 5.66. The summed E-state index contributed by atoms with van der Waals surface area (Å²) in [6.45, 7) is 9.38. The SMILES string of the molecule is CC(C)CCc1ccc([C@]2(C)NC(=O)N(CCC(=O)O)C=C2C(C)C)cc1C(F)(F)F. The number of aliphatic carboxylic acids is 1. The Balaban J connectivity index is 2.52. The molecule has 0 saturated heterocycles. The molecule has 0 radical (unpaired) electrons. The van der Waals surface area contributed by atoms with E-state index in [4.69, 9.17) is 5.11 Å². The lowest BCUT2D eigenvalue weighted by Crippen LogP contribution is -2.55. The number of alkyl halides is 3. The molecular weight excluding hydrogens is 409 g/mol. The highest BCUT2D eigenvalue weighted by atomic mass is 19.4. The van der Waals surface area contributed by atoms with Gasteiger partial charge in [0.1, 0.15) is 0 Å². The summed E-state index contributed by atoms with van der Waals surface area (Å²) in [7, 11) is 0. The molecule has 0 saturated carbocycles. The van der Waals surface area contributed by atoms with E-state index in [1.165, 1.54) is 11.0 Å². The maximum absolute atomic E-state index is 13.8. The maximum Gasteiger partial charge on any atom is 0.416 e. The predicted octanol–water partition coefficient (Wildman–Crippen LogP) is 5.55. The van der Waals surface area contributed by atoms with Gasteiger partial charge in [-0.1, -0.05) is 39.8 Å². The van der Waals surface area contributed by atoms with Crippen LogP contribution in [0.2, 0.25) is 0 Å². The summed E-state index contributed by atoms with van der Waals surface area (Å²) in [6.07, 6.45) is -2.19. The van der Waals surface area contributed by atoms with E-state index in [2.05, 4.69) is 5.32 Å². The molecule has 0 unspecified atom stereocenters. The standard InChI is InChI=1S/C23H31F3N2O3/c1-14(2)6-7-16-8-9-17(12-18(16)23(24,25)26)22(5)19(15(3)4)13-28(21(31)27-22)11-10-20(29)30/h8-9,12-15H,6-7,10-11H2,1-5H3,(H,27,31)(H,29,30)/t22-/m0/s1. The van der Waals surface area contributed by atoms with Crippen LogP contribution in [0.5, 0.6) is 0 Å². The molecule has 1 heterocycles. The zero-order chi connectivity index (χ0) is 23.6. The highest BCUT2D eigenvalue weighted by molar-refractivity contribution is 5.80. The fraction of sp³-hybridized carbons (Fsp3) is 0.565. The molecule has 1 aliphatic rings. The highest BCUT2D eigenvalue weighted by Gasteiger charge is 2.42. The minimum absolute atomic E-state index is 0.0184. The minimum atomic E-state index is -4.51. The molecule has 2 N–H and O–H groups in total. The molecule has 1 aromatic carbocycles. The van der Waals surface area contributed by atoms with Gasteiger partial charge >= 0.3 is 18.2 Å². The lowest BCUT2D eigenvalue weighted by Gasteiger charge is -2.42. The normalized spacial score (nSPS) is 19.6. The summed E-state index contributed by atoms with van der Waals surface area (Å²) in [4.78, 5) is 24.8. The number of amides is 2. The number of urea groups is 1. The molecule has 0 aromatic heterocycles. The summed E-state index contributed by atoms with van der Waals surface area (Å²) in [5.74, 6) is -0.844. The van der Waals surface area contributed by atoms with Gasteiger partial charge in [-0.2, -0.15) is 13.2 Å².